The third-order valence-electron chi connectivity index (χ3n) is 2.94. The highest BCUT2D eigenvalue weighted by atomic mass is 16.1. The summed E-state index contributed by atoms with van der Waals surface area (Å²) < 4.78 is 0. The Morgan fingerprint density at radius 2 is 2.16 bits per heavy atom. The van der Waals surface area contributed by atoms with E-state index < -0.39 is 0 Å². The summed E-state index contributed by atoms with van der Waals surface area (Å²) in [7, 11) is 0. The highest BCUT2D eigenvalue weighted by Crippen LogP contribution is 2.20. The van der Waals surface area contributed by atoms with Crippen LogP contribution in [0.25, 0.3) is 11.3 Å². The molecule has 5 nitrogen and oxygen atoms in total. The van der Waals surface area contributed by atoms with Crippen LogP contribution in [0.2, 0.25) is 0 Å². The maximum atomic E-state index is 11.1. The van der Waals surface area contributed by atoms with Gasteiger partial charge in [-0.2, -0.15) is 0 Å². The minimum absolute atomic E-state index is 0.125. The van der Waals surface area contributed by atoms with E-state index >= 15 is 0 Å². The van der Waals surface area contributed by atoms with E-state index in [1.807, 2.05) is 0 Å². The Bertz CT molecular complexity index is 586. The van der Waals surface area contributed by atoms with Gasteiger partial charge in [0.05, 0.1) is 17.6 Å². The Hall–Kier alpha value is -2.17. The molecule has 0 aliphatic heterocycles. The number of H-pyrrole nitrogens is 1. The first kappa shape index (κ1) is 13.3. The Morgan fingerprint density at radius 1 is 1.32 bits per heavy atom. The molecule has 0 radical (unpaired) electrons. The quantitative estimate of drug-likeness (QED) is 0.805. The molecule has 5 heteroatoms. The fraction of sp³-hybridized carbons (Fsp3) is 0.357. The predicted octanol–water partition coefficient (Wildman–Crippen LogP) is 2.15. The number of nitrogens with zero attached hydrogens (tertiary/aromatic N) is 2. The molecule has 2 aromatic rings. The number of hydrogen-bond donors (Lipinski definition) is 2. The second kappa shape index (κ2) is 6.13. The van der Waals surface area contributed by atoms with E-state index in [0.29, 0.717) is 5.82 Å². The summed E-state index contributed by atoms with van der Waals surface area (Å²) in [5.41, 5.74) is 8.12. The van der Waals surface area contributed by atoms with Crippen molar-refractivity contribution < 1.29 is 0 Å². The maximum Gasteiger partial charge on any atom is 0.247 e. The van der Waals surface area contributed by atoms with Crippen molar-refractivity contribution in [2.75, 3.05) is 5.73 Å². The molecule has 0 atom stereocenters. The standard InChI is InChI=1S/C14H18N4O/c1-2-3-4-5-11-14(17-9-12(15)18-11)10-6-7-13(19)16-8-10/h6-9H,2-5H2,1H3,(H2,15,18)(H,16,19). The van der Waals surface area contributed by atoms with Gasteiger partial charge < -0.3 is 10.7 Å². The number of hydrogen-bond acceptors (Lipinski definition) is 4. The summed E-state index contributed by atoms with van der Waals surface area (Å²) in [5.74, 6) is 0.430. The van der Waals surface area contributed by atoms with Crippen LogP contribution in [0.1, 0.15) is 31.9 Å². The summed E-state index contributed by atoms with van der Waals surface area (Å²) in [6.45, 7) is 2.16. The average Bonchev–Trinajstić information content (AvgIpc) is 2.41. The minimum atomic E-state index is -0.125. The minimum Gasteiger partial charge on any atom is -0.382 e. The molecule has 3 N–H and O–H groups in total. The number of anilines is 1. The van der Waals surface area contributed by atoms with E-state index in [4.69, 9.17) is 5.73 Å². The van der Waals surface area contributed by atoms with Gasteiger partial charge >= 0.3 is 0 Å². The van der Waals surface area contributed by atoms with Gasteiger partial charge in [0.25, 0.3) is 0 Å². The second-order valence-corrected chi connectivity index (χ2v) is 4.49. The smallest absolute Gasteiger partial charge is 0.247 e. The molecule has 0 bridgehead atoms. The first-order valence-corrected chi connectivity index (χ1v) is 6.51. The van der Waals surface area contributed by atoms with Crippen molar-refractivity contribution in [1.82, 2.24) is 15.0 Å². The van der Waals surface area contributed by atoms with Crippen LogP contribution in [0.15, 0.2) is 29.3 Å². The monoisotopic (exact) mass is 258 g/mol. The number of nitrogens with two attached hydrogens (primary N) is 1. The molecule has 0 fully saturated rings. The molecule has 0 aromatic carbocycles. The van der Waals surface area contributed by atoms with Gasteiger partial charge in [0.2, 0.25) is 5.56 Å². The Balaban J connectivity index is 2.33. The van der Waals surface area contributed by atoms with Crippen molar-refractivity contribution in [3.63, 3.8) is 0 Å². The van der Waals surface area contributed by atoms with Gasteiger partial charge in [-0.05, 0) is 18.9 Å². The highest BCUT2D eigenvalue weighted by Gasteiger charge is 2.09. The molecule has 0 spiro atoms. The SMILES string of the molecule is CCCCCc1nc(N)cnc1-c1ccc(=O)[nH]c1. The zero-order chi connectivity index (χ0) is 13.7. The fourth-order valence-corrected chi connectivity index (χ4v) is 1.96. The van der Waals surface area contributed by atoms with E-state index in [-0.39, 0.29) is 5.56 Å². The van der Waals surface area contributed by atoms with Gasteiger partial charge in [-0.15, -0.1) is 0 Å². The molecule has 0 unspecified atom stereocenters. The summed E-state index contributed by atoms with van der Waals surface area (Å²) in [4.78, 5) is 22.5. The van der Waals surface area contributed by atoms with Crippen molar-refractivity contribution in [2.45, 2.75) is 32.6 Å². The lowest BCUT2D eigenvalue weighted by Gasteiger charge is -2.08. The Morgan fingerprint density at radius 3 is 2.84 bits per heavy atom. The van der Waals surface area contributed by atoms with E-state index in [9.17, 15) is 4.79 Å². The van der Waals surface area contributed by atoms with Gasteiger partial charge in [-0.3, -0.25) is 9.78 Å². The summed E-state index contributed by atoms with van der Waals surface area (Å²) in [5, 5.41) is 0. The van der Waals surface area contributed by atoms with Crippen LogP contribution in [0.3, 0.4) is 0 Å². The van der Waals surface area contributed by atoms with Crippen LogP contribution < -0.4 is 11.3 Å². The molecule has 0 aliphatic carbocycles. The molecule has 0 aliphatic rings. The highest BCUT2D eigenvalue weighted by molar-refractivity contribution is 5.61. The topological polar surface area (TPSA) is 84.7 Å². The zero-order valence-corrected chi connectivity index (χ0v) is 11.0. The average molecular weight is 258 g/mol. The van der Waals surface area contributed by atoms with Crippen molar-refractivity contribution >= 4 is 5.82 Å². The molecular formula is C14H18N4O. The molecule has 100 valence electrons. The predicted molar refractivity (Wildman–Crippen MR) is 75.7 cm³/mol. The van der Waals surface area contributed by atoms with Crippen LogP contribution in [-0.2, 0) is 6.42 Å². The molecule has 0 amide bonds. The first-order valence-electron chi connectivity index (χ1n) is 6.51. The molecule has 19 heavy (non-hydrogen) atoms. The lowest BCUT2D eigenvalue weighted by atomic mass is 10.1. The fourth-order valence-electron chi connectivity index (χ4n) is 1.96. The normalized spacial score (nSPS) is 10.6. The molecule has 2 rings (SSSR count). The van der Waals surface area contributed by atoms with E-state index in [0.717, 1.165) is 42.6 Å². The number of unbranched alkanes of at least 4 members (excludes halogenated alkanes) is 2. The Kier molecular flexibility index (Phi) is 4.28. The lowest BCUT2D eigenvalue weighted by molar-refractivity contribution is 0.707. The number of aromatic nitrogens is 3. The number of pyridine rings is 1. The molecule has 0 saturated heterocycles. The van der Waals surface area contributed by atoms with Crippen LogP contribution in [-0.4, -0.2) is 15.0 Å². The maximum absolute atomic E-state index is 11.1. The van der Waals surface area contributed by atoms with Gasteiger partial charge in [0.1, 0.15) is 5.82 Å². The number of rotatable bonds is 5. The van der Waals surface area contributed by atoms with Gasteiger partial charge in [0.15, 0.2) is 0 Å². The van der Waals surface area contributed by atoms with E-state index in [1.165, 1.54) is 6.07 Å². The molecule has 2 heterocycles. The van der Waals surface area contributed by atoms with Crippen LogP contribution in [0.5, 0.6) is 0 Å². The number of aryl methyl sites for hydroxylation is 1. The lowest BCUT2D eigenvalue weighted by Crippen LogP contribution is -2.05. The van der Waals surface area contributed by atoms with Crippen LogP contribution >= 0.6 is 0 Å². The third kappa shape index (κ3) is 3.40. The van der Waals surface area contributed by atoms with Gasteiger partial charge in [-0.1, -0.05) is 19.8 Å². The van der Waals surface area contributed by atoms with E-state index in [1.54, 1.807) is 18.5 Å². The van der Waals surface area contributed by atoms with Crippen molar-refractivity contribution in [1.29, 1.82) is 0 Å². The Labute approximate surface area is 111 Å². The number of aromatic amines is 1. The van der Waals surface area contributed by atoms with Crippen molar-refractivity contribution in [3.05, 3.63) is 40.6 Å². The summed E-state index contributed by atoms with van der Waals surface area (Å²) in [6.07, 6.45) is 7.42. The van der Waals surface area contributed by atoms with Gasteiger partial charge in [-0.25, -0.2) is 4.98 Å². The molecule has 2 aromatic heterocycles. The first-order chi connectivity index (χ1) is 9.20. The third-order valence-corrected chi connectivity index (χ3v) is 2.94. The van der Waals surface area contributed by atoms with Crippen LogP contribution in [0, 0.1) is 0 Å². The van der Waals surface area contributed by atoms with E-state index in [2.05, 4.69) is 21.9 Å². The second-order valence-electron chi connectivity index (χ2n) is 4.49. The number of nitrogens with one attached hydrogen (secondary N) is 1. The summed E-state index contributed by atoms with van der Waals surface area (Å²) >= 11 is 0. The largest absolute Gasteiger partial charge is 0.382 e. The van der Waals surface area contributed by atoms with Gasteiger partial charge in [0, 0.05) is 17.8 Å². The van der Waals surface area contributed by atoms with Crippen molar-refractivity contribution in [2.24, 2.45) is 0 Å². The molecule has 0 saturated carbocycles. The van der Waals surface area contributed by atoms with Crippen LogP contribution in [0.4, 0.5) is 5.82 Å². The summed E-state index contributed by atoms with van der Waals surface area (Å²) in [6, 6.07) is 3.24. The zero-order valence-electron chi connectivity index (χ0n) is 11.0. The number of nitrogen functional groups attached to an aromatic ring is 1. The van der Waals surface area contributed by atoms with Crippen molar-refractivity contribution in [3.8, 4) is 11.3 Å². The molecular weight excluding hydrogens is 240 g/mol.